The molecule has 7 heteroatoms. The van der Waals surface area contributed by atoms with E-state index < -0.39 is 28.3 Å². The molecule has 2 N–H and O–H groups in total. The van der Waals surface area contributed by atoms with Gasteiger partial charge in [0.25, 0.3) is 5.69 Å². The SMILES string of the molecule is CC(C)(C)[C@@H](NC(=O)Cc1ccccc1[N+](=O)[O-])C(=O)O. The average molecular weight is 294 g/mol. The highest BCUT2D eigenvalue weighted by Gasteiger charge is 2.32. The van der Waals surface area contributed by atoms with Gasteiger partial charge in [-0.1, -0.05) is 39.0 Å². The molecule has 1 aromatic carbocycles. The molecule has 114 valence electrons. The van der Waals surface area contributed by atoms with Crippen LogP contribution in [0, 0.1) is 15.5 Å². The molecule has 0 bridgehead atoms. The summed E-state index contributed by atoms with van der Waals surface area (Å²) in [6, 6.07) is 4.82. The monoisotopic (exact) mass is 294 g/mol. The quantitative estimate of drug-likeness (QED) is 0.635. The molecule has 1 amide bonds. The van der Waals surface area contributed by atoms with Crippen LogP contribution in [0.15, 0.2) is 24.3 Å². The Hall–Kier alpha value is -2.44. The fourth-order valence-electron chi connectivity index (χ4n) is 1.87. The summed E-state index contributed by atoms with van der Waals surface area (Å²) in [4.78, 5) is 33.4. The van der Waals surface area contributed by atoms with Crippen molar-refractivity contribution in [3.05, 3.63) is 39.9 Å². The molecule has 1 atom stereocenters. The minimum absolute atomic E-state index is 0.157. The van der Waals surface area contributed by atoms with Crippen molar-refractivity contribution < 1.29 is 19.6 Å². The number of carboxylic acids is 1. The van der Waals surface area contributed by atoms with Crippen LogP contribution in [0.5, 0.6) is 0 Å². The highest BCUT2D eigenvalue weighted by atomic mass is 16.6. The number of nitro groups is 1. The summed E-state index contributed by atoms with van der Waals surface area (Å²) in [6.45, 7) is 5.07. The van der Waals surface area contributed by atoms with Gasteiger partial charge in [0.05, 0.1) is 11.3 Å². The van der Waals surface area contributed by atoms with Crippen LogP contribution >= 0.6 is 0 Å². The minimum Gasteiger partial charge on any atom is -0.480 e. The number of para-hydroxylation sites is 1. The molecule has 1 aromatic rings. The molecule has 0 heterocycles. The maximum Gasteiger partial charge on any atom is 0.326 e. The van der Waals surface area contributed by atoms with Crippen LogP contribution in [-0.4, -0.2) is 27.9 Å². The van der Waals surface area contributed by atoms with Gasteiger partial charge < -0.3 is 10.4 Å². The highest BCUT2D eigenvalue weighted by molar-refractivity contribution is 5.85. The molecule has 0 saturated carbocycles. The number of amides is 1. The largest absolute Gasteiger partial charge is 0.480 e. The number of rotatable bonds is 5. The van der Waals surface area contributed by atoms with Crippen LogP contribution in [0.4, 0.5) is 5.69 Å². The van der Waals surface area contributed by atoms with Gasteiger partial charge in [0.1, 0.15) is 6.04 Å². The number of carboxylic acid groups (broad SMARTS) is 1. The number of hydrogen-bond donors (Lipinski definition) is 2. The van der Waals surface area contributed by atoms with Gasteiger partial charge in [-0.05, 0) is 5.41 Å². The summed E-state index contributed by atoms with van der Waals surface area (Å²) in [5.41, 5.74) is -0.572. The summed E-state index contributed by atoms with van der Waals surface area (Å²) in [7, 11) is 0. The number of nitrogens with zero attached hydrogens (tertiary/aromatic N) is 1. The molecule has 0 aliphatic heterocycles. The molecule has 0 aromatic heterocycles. The molecular formula is C14H18N2O5. The average Bonchev–Trinajstić information content (AvgIpc) is 2.34. The van der Waals surface area contributed by atoms with E-state index in [2.05, 4.69) is 5.32 Å². The van der Waals surface area contributed by atoms with Crippen molar-refractivity contribution in [2.45, 2.75) is 33.2 Å². The van der Waals surface area contributed by atoms with E-state index in [9.17, 15) is 19.7 Å². The van der Waals surface area contributed by atoms with Crippen LogP contribution in [0.25, 0.3) is 0 Å². The van der Waals surface area contributed by atoms with Crippen molar-refractivity contribution in [3.63, 3.8) is 0 Å². The van der Waals surface area contributed by atoms with E-state index in [4.69, 9.17) is 5.11 Å². The molecule has 1 rings (SSSR count). The number of carbonyl (C=O) groups excluding carboxylic acids is 1. The van der Waals surface area contributed by atoms with Gasteiger partial charge in [0.15, 0.2) is 0 Å². The van der Waals surface area contributed by atoms with E-state index in [0.29, 0.717) is 0 Å². The molecule has 0 saturated heterocycles. The predicted octanol–water partition coefficient (Wildman–Crippen LogP) is 1.75. The van der Waals surface area contributed by atoms with Crippen molar-refractivity contribution in [1.82, 2.24) is 5.32 Å². The van der Waals surface area contributed by atoms with Crippen LogP contribution < -0.4 is 5.32 Å². The number of aliphatic carboxylic acids is 1. The lowest BCUT2D eigenvalue weighted by Gasteiger charge is -2.27. The second-order valence-corrected chi connectivity index (χ2v) is 5.77. The maximum absolute atomic E-state index is 12.0. The van der Waals surface area contributed by atoms with Gasteiger partial charge in [-0.25, -0.2) is 4.79 Å². The Bertz CT molecular complexity index is 563. The van der Waals surface area contributed by atoms with Crippen molar-refractivity contribution in [1.29, 1.82) is 0 Å². The van der Waals surface area contributed by atoms with Crippen LogP contribution in [0.3, 0.4) is 0 Å². The summed E-state index contributed by atoms with van der Waals surface area (Å²) in [5, 5.41) is 22.4. The van der Waals surface area contributed by atoms with Crippen LogP contribution in [0.2, 0.25) is 0 Å². The number of hydrogen-bond acceptors (Lipinski definition) is 4. The third-order valence-electron chi connectivity index (χ3n) is 2.96. The first kappa shape index (κ1) is 16.6. The topological polar surface area (TPSA) is 110 Å². The van der Waals surface area contributed by atoms with Gasteiger partial charge in [0, 0.05) is 11.6 Å². The lowest BCUT2D eigenvalue weighted by molar-refractivity contribution is -0.385. The summed E-state index contributed by atoms with van der Waals surface area (Å²) in [6.07, 6.45) is -0.239. The molecule has 0 aliphatic carbocycles. The van der Waals surface area contributed by atoms with Crippen molar-refractivity contribution in [2.75, 3.05) is 0 Å². The Labute approximate surface area is 122 Å². The van der Waals surface area contributed by atoms with Crippen LogP contribution in [0.1, 0.15) is 26.3 Å². The fraction of sp³-hybridized carbons (Fsp3) is 0.429. The van der Waals surface area contributed by atoms with Gasteiger partial charge in [0.2, 0.25) is 5.91 Å². The standard InChI is InChI=1S/C14H18N2O5/c1-14(2,3)12(13(18)19)15-11(17)8-9-6-4-5-7-10(9)16(20)21/h4-7,12H,8H2,1-3H3,(H,15,17)(H,18,19)/t12-/m0/s1. The normalized spacial score (nSPS) is 12.5. The number of benzene rings is 1. The van der Waals surface area contributed by atoms with E-state index >= 15 is 0 Å². The molecule has 0 radical (unpaired) electrons. The molecule has 0 unspecified atom stereocenters. The third-order valence-corrected chi connectivity index (χ3v) is 2.96. The van der Waals surface area contributed by atoms with E-state index in [1.54, 1.807) is 26.8 Å². The van der Waals surface area contributed by atoms with E-state index in [-0.39, 0.29) is 17.7 Å². The fourth-order valence-corrected chi connectivity index (χ4v) is 1.87. The lowest BCUT2D eigenvalue weighted by Crippen LogP contribution is -2.49. The molecular weight excluding hydrogens is 276 g/mol. The molecule has 21 heavy (non-hydrogen) atoms. The van der Waals surface area contributed by atoms with Crippen molar-refractivity contribution in [3.8, 4) is 0 Å². The maximum atomic E-state index is 12.0. The lowest BCUT2D eigenvalue weighted by atomic mass is 9.86. The van der Waals surface area contributed by atoms with Gasteiger partial charge in [-0.2, -0.15) is 0 Å². The third kappa shape index (κ3) is 4.55. The molecule has 7 nitrogen and oxygen atoms in total. The second kappa shape index (κ2) is 6.34. The number of nitrogens with one attached hydrogen (secondary N) is 1. The van der Waals surface area contributed by atoms with Crippen molar-refractivity contribution in [2.24, 2.45) is 5.41 Å². The highest BCUT2D eigenvalue weighted by Crippen LogP contribution is 2.21. The minimum atomic E-state index is -1.14. The van der Waals surface area contributed by atoms with Crippen molar-refractivity contribution >= 4 is 17.6 Å². The second-order valence-electron chi connectivity index (χ2n) is 5.77. The number of carbonyl (C=O) groups is 2. The Kier molecular flexibility index (Phi) is 5.02. The van der Waals surface area contributed by atoms with E-state index in [0.717, 1.165) is 0 Å². The first-order chi connectivity index (χ1) is 9.62. The zero-order valence-corrected chi connectivity index (χ0v) is 12.1. The van der Waals surface area contributed by atoms with Crippen LogP contribution in [-0.2, 0) is 16.0 Å². The Morgan fingerprint density at radius 3 is 2.38 bits per heavy atom. The van der Waals surface area contributed by atoms with Gasteiger partial charge >= 0.3 is 5.97 Å². The molecule has 0 aliphatic rings. The zero-order valence-electron chi connectivity index (χ0n) is 12.1. The Balaban J connectivity index is 2.87. The summed E-state index contributed by atoms with van der Waals surface area (Å²) < 4.78 is 0. The Morgan fingerprint density at radius 2 is 1.90 bits per heavy atom. The first-order valence-electron chi connectivity index (χ1n) is 6.37. The molecule has 0 spiro atoms. The van der Waals surface area contributed by atoms with Gasteiger partial charge in [-0.3, -0.25) is 14.9 Å². The first-order valence-corrected chi connectivity index (χ1v) is 6.37. The summed E-state index contributed by atoms with van der Waals surface area (Å²) >= 11 is 0. The number of nitro benzene ring substituents is 1. The summed E-state index contributed by atoms with van der Waals surface area (Å²) in [5.74, 6) is -1.70. The van der Waals surface area contributed by atoms with E-state index in [1.165, 1.54) is 18.2 Å². The zero-order chi connectivity index (χ0) is 16.2. The Morgan fingerprint density at radius 1 is 1.33 bits per heavy atom. The predicted molar refractivity (Wildman–Crippen MR) is 75.8 cm³/mol. The smallest absolute Gasteiger partial charge is 0.326 e. The van der Waals surface area contributed by atoms with E-state index in [1.807, 2.05) is 0 Å². The van der Waals surface area contributed by atoms with Gasteiger partial charge in [-0.15, -0.1) is 0 Å². The molecule has 0 fully saturated rings.